The number of piperidine rings is 1. The van der Waals surface area contributed by atoms with Crippen LogP contribution in [0.5, 0.6) is 0 Å². The maximum atomic E-state index is 13.4. The van der Waals surface area contributed by atoms with Crippen LogP contribution in [0.2, 0.25) is 0 Å². The van der Waals surface area contributed by atoms with E-state index in [0.717, 1.165) is 57.2 Å². The van der Waals surface area contributed by atoms with Gasteiger partial charge in [-0.3, -0.25) is 4.79 Å². The van der Waals surface area contributed by atoms with Crippen LogP contribution in [0, 0.1) is 5.82 Å². The Morgan fingerprint density at radius 1 is 1.12 bits per heavy atom. The molecule has 0 N–H and O–H groups in total. The van der Waals surface area contributed by atoms with Gasteiger partial charge in [-0.05, 0) is 43.4 Å². The van der Waals surface area contributed by atoms with Gasteiger partial charge < -0.3 is 4.90 Å². The summed E-state index contributed by atoms with van der Waals surface area (Å²) in [7, 11) is 0. The third-order valence-corrected chi connectivity index (χ3v) is 5.83. The van der Waals surface area contributed by atoms with Crippen molar-refractivity contribution in [2.45, 2.75) is 50.0 Å². The number of hydrogen-bond donors (Lipinski definition) is 0. The third kappa shape index (κ3) is 2.94. The maximum Gasteiger partial charge on any atom is 0.233 e. The van der Waals surface area contributed by atoms with Crippen molar-refractivity contribution in [3.05, 3.63) is 48.3 Å². The van der Waals surface area contributed by atoms with Crippen LogP contribution >= 0.6 is 0 Å². The molecule has 2 fully saturated rings. The number of hydrogen-bond acceptors (Lipinski definition) is 3. The zero-order valence-corrected chi connectivity index (χ0v) is 14.3. The first-order valence-corrected chi connectivity index (χ1v) is 9.09. The average molecular weight is 342 g/mol. The summed E-state index contributed by atoms with van der Waals surface area (Å²) >= 11 is 0. The molecule has 1 aliphatic carbocycles. The minimum atomic E-state index is -0.464. The molecule has 0 unspecified atom stereocenters. The van der Waals surface area contributed by atoms with E-state index in [2.05, 4.69) is 10.1 Å². The number of rotatable bonds is 3. The molecule has 0 atom stereocenters. The van der Waals surface area contributed by atoms with Crippen LogP contribution in [0.15, 0.2) is 36.9 Å². The zero-order chi connectivity index (χ0) is 17.3. The van der Waals surface area contributed by atoms with Crippen LogP contribution in [0.3, 0.4) is 0 Å². The Morgan fingerprint density at radius 2 is 1.80 bits per heavy atom. The third-order valence-electron chi connectivity index (χ3n) is 5.83. The van der Waals surface area contributed by atoms with Crippen molar-refractivity contribution in [3.63, 3.8) is 0 Å². The number of carbonyl (C=O) groups is 1. The molecular weight excluding hydrogens is 319 g/mol. The SMILES string of the molecule is O=C(N1CCC(n2cncn2)CC1)C1(c2ccc(F)cc2)CCCC1. The lowest BCUT2D eigenvalue weighted by atomic mass is 9.77. The number of likely N-dealkylation sites (tertiary alicyclic amines) is 1. The van der Waals surface area contributed by atoms with Crippen LogP contribution in [-0.2, 0) is 10.2 Å². The normalized spacial score (nSPS) is 20.8. The molecule has 0 bridgehead atoms. The van der Waals surface area contributed by atoms with E-state index in [-0.39, 0.29) is 11.7 Å². The highest BCUT2D eigenvalue weighted by Crippen LogP contribution is 2.43. The Kier molecular flexibility index (Phi) is 4.27. The highest BCUT2D eigenvalue weighted by Gasteiger charge is 2.45. The number of carbonyl (C=O) groups excluding carboxylic acids is 1. The summed E-state index contributed by atoms with van der Waals surface area (Å²) in [5.41, 5.74) is 0.503. The molecule has 1 saturated carbocycles. The van der Waals surface area contributed by atoms with E-state index in [1.54, 1.807) is 24.8 Å². The minimum Gasteiger partial charge on any atom is -0.342 e. The Labute approximate surface area is 146 Å². The predicted octanol–water partition coefficient (Wildman–Crippen LogP) is 3.09. The van der Waals surface area contributed by atoms with E-state index in [0.29, 0.717) is 6.04 Å². The van der Waals surface area contributed by atoms with E-state index in [4.69, 9.17) is 0 Å². The van der Waals surface area contributed by atoms with Gasteiger partial charge in [0.2, 0.25) is 5.91 Å². The highest BCUT2D eigenvalue weighted by molar-refractivity contribution is 5.88. The molecular formula is C19H23FN4O. The van der Waals surface area contributed by atoms with Gasteiger partial charge >= 0.3 is 0 Å². The van der Waals surface area contributed by atoms with E-state index in [9.17, 15) is 9.18 Å². The van der Waals surface area contributed by atoms with Crippen molar-refractivity contribution in [1.29, 1.82) is 0 Å². The molecule has 1 saturated heterocycles. The summed E-state index contributed by atoms with van der Waals surface area (Å²) < 4.78 is 15.2. The Bertz CT molecular complexity index is 714. The van der Waals surface area contributed by atoms with Gasteiger partial charge in [0, 0.05) is 13.1 Å². The quantitative estimate of drug-likeness (QED) is 0.861. The lowest BCUT2D eigenvalue weighted by Gasteiger charge is -2.38. The van der Waals surface area contributed by atoms with Gasteiger partial charge in [-0.15, -0.1) is 0 Å². The molecule has 25 heavy (non-hydrogen) atoms. The molecule has 5 nitrogen and oxygen atoms in total. The first-order valence-electron chi connectivity index (χ1n) is 9.09. The van der Waals surface area contributed by atoms with Crippen LogP contribution < -0.4 is 0 Å². The van der Waals surface area contributed by atoms with E-state index in [1.807, 2.05) is 9.58 Å². The van der Waals surface area contributed by atoms with E-state index in [1.165, 1.54) is 12.1 Å². The van der Waals surface area contributed by atoms with Crippen molar-refractivity contribution in [3.8, 4) is 0 Å². The fourth-order valence-corrected chi connectivity index (χ4v) is 4.42. The number of halogens is 1. The Balaban J connectivity index is 1.51. The molecule has 2 aliphatic rings. The summed E-state index contributed by atoms with van der Waals surface area (Å²) in [5, 5.41) is 4.22. The van der Waals surface area contributed by atoms with Gasteiger partial charge in [0.05, 0.1) is 11.5 Å². The van der Waals surface area contributed by atoms with Crippen LogP contribution in [0.4, 0.5) is 4.39 Å². The Hall–Kier alpha value is -2.24. The summed E-state index contributed by atoms with van der Waals surface area (Å²) in [6, 6.07) is 6.85. The molecule has 1 aromatic carbocycles. The Morgan fingerprint density at radius 3 is 2.40 bits per heavy atom. The zero-order valence-electron chi connectivity index (χ0n) is 14.3. The van der Waals surface area contributed by atoms with Crippen LogP contribution in [0.25, 0.3) is 0 Å². The summed E-state index contributed by atoms with van der Waals surface area (Å²) in [6.45, 7) is 1.48. The molecule has 0 spiro atoms. The standard InChI is InChI=1S/C19H23FN4O/c20-16-5-3-15(4-6-16)19(9-1-2-10-19)18(25)23-11-7-17(8-12-23)24-14-21-13-22-24/h3-6,13-14,17H,1-2,7-12H2. The van der Waals surface area contributed by atoms with Crippen LogP contribution in [-0.4, -0.2) is 38.7 Å². The molecule has 1 aliphatic heterocycles. The molecule has 0 radical (unpaired) electrons. The first-order chi connectivity index (χ1) is 12.2. The van der Waals surface area contributed by atoms with Crippen molar-refractivity contribution in [2.75, 3.05) is 13.1 Å². The van der Waals surface area contributed by atoms with Gasteiger partial charge in [-0.25, -0.2) is 14.1 Å². The lowest BCUT2D eigenvalue weighted by Crippen LogP contribution is -2.48. The van der Waals surface area contributed by atoms with Crippen molar-refractivity contribution in [1.82, 2.24) is 19.7 Å². The lowest BCUT2D eigenvalue weighted by molar-refractivity contribution is -0.138. The largest absolute Gasteiger partial charge is 0.342 e. The van der Waals surface area contributed by atoms with Crippen LogP contribution in [0.1, 0.15) is 50.1 Å². The first kappa shape index (κ1) is 16.2. The maximum absolute atomic E-state index is 13.4. The number of amides is 1. The van der Waals surface area contributed by atoms with Crippen molar-refractivity contribution >= 4 is 5.91 Å². The average Bonchev–Trinajstić information content (AvgIpc) is 3.34. The van der Waals surface area contributed by atoms with Gasteiger partial charge in [0.15, 0.2) is 0 Å². The topological polar surface area (TPSA) is 51.0 Å². The fraction of sp³-hybridized carbons (Fsp3) is 0.526. The molecule has 1 aromatic heterocycles. The molecule has 132 valence electrons. The highest BCUT2D eigenvalue weighted by atomic mass is 19.1. The van der Waals surface area contributed by atoms with E-state index < -0.39 is 5.41 Å². The summed E-state index contributed by atoms with van der Waals surface area (Å²) in [4.78, 5) is 19.4. The molecule has 1 amide bonds. The van der Waals surface area contributed by atoms with Gasteiger partial charge in [-0.2, -0.15) is 5.10 Å². The molecule has 6 heteroatoms. The van der Waals surface area contributed by atoms with Crippen molar-refractivity contribution in [2.24, 2.45) is 0 Å². The monoisotopic (exact) mass is 342 g/mol. The summed E-state index contributed by atoms with van der Waals surface area (Å²) in [6.07, 6.45) is 8.93. The van der Waals surface area contributed by atoms with Gasteiger partial charge in [-0.1, -0.05) is 25.0 Å². The fourth-order valence-electron chi connectivity index (χ4n) is 4.42. The van der Waals surface area contributed by atoms with E-state index >= 15 is 0 Å². The number of benzene rings is 1. The van der Waals surface area contributed by atoms with Gasteiger partial charge in [0.25, 0.3) is 0 Å². The second kappa shape index (κ2) is 6.58. The smallest absolute Gasteiger partial charge is 0.233 e. The molecule has 4 rings (SSSR count). The second-order valence-corrected chi connectivity index (χ2v) is 7.19. The number of nitrogens with zero attached hydrogens (tertiary/aromatic N) is 4. The van der Waals surface area contributed by atoms with Gasteiger partial charge in [0.1, 0.15) is 18.5 Å². The second-order valence-electron chi connectivity index (χ2n) is 7.19. The minimum absolute atomic E-state index is 0.216. The molecule has 2 heterocycles. The molecule has 2 aromatic rings. The summed E-state index contributed by atoms with van der Waals surface area (Å²) in [5.74, 6) is -0.0355. The number of aromatic nitrogens is 3. The predicted molar refractivity (Wildman–Crippen MR) is 91.4 cm³/mol. The van der Waals surface area contributed by atoms with Crippen molar-refractivity contribution < 1.29 is 9.18 Å².